The Bertz CT molecular complexity index is 597. The minimum atomic E-state index is 0.0778. The predicted molar refractivity (Wildman–Crippen MR) is 84.8 cm³/mol. The molecule has 1 atom stereocenters. The first-order chi connectivity index (χ1) is 9.78. The number of rotatable bonds is 4. The second-order valence-corrected chi connectivity index (χ2v) is 6.88. The highest BCUT2D eigenvalue weighted by molar-refractivity contribution is 7.99. The zero-order chi connectivity index (χ0) is 13.9. The molecule has 0 fully saturated rings. The molecule has 1 aliphatic rings. The minimum absolute atomic E-state index is 0.0778. The molecular weight excluding hydrogens is 288 g/mol. The van der Waals surface area contributed by atoms with Gasteiger partial charge >= 0.3 is 0 Å². The predicted octanol–water partition coefficient (Wildman–Crippen LogP) is 3.79. The van der Waals surface area contributed by atoms with E-state index >= 15 is 0 Å². The van der Waals surface area contributed by atoms with Gasteiger partial charge in [-0.3, -0.25) is 0 Å². The molecule has 0 aliphatic carbocycles. The summed E-state index contributed by atoms with van der Waals surface area (Å²) in [5.74, 6) is 1.92. The van der Waals surface area contributed by atoms with Gasteiger partial charge in [-0.25, -0.2) is 4.98 Å². The van der Waals surface area contributed by atoms with E-state index in [-0.39, 0.29) is 6.10 Å². The van der Waals surface area contributed by atoms with Crippen molar-refractivity contribution < 1.29 is 4.74 Å². The Labute approximate surface area is 127 Å². The van der Waals surface area contributed by atoms with E-state index in [0.717, 1.165) is 35.3 Å². The Morgan fingerprint density at radius 2 is 2.25 bits per heavy atom. The molecule has 3 rings (SSSR count). The normalized spacial score (nSPS) is 17.6. The van der Waals surface area contributed by atoms with Gasteiger partial charge in [-0.1, -0.05) is 19.1 Å². The summed E-state index contributed by atoms with van der Waals surface area (Å²) >= 11 is 3.62. The Hall–Kier alpha value is -1.04. The monoisotopic (exact) mass is 306 g/mol. The largest absolute Gasteiger partial charge is 0.481 e. The molecule has 1 unspecified atom stereocenters. The standard InChI is InChI=1S/C15H18N2OS2/c1-3-16-8-14-10(2)17-15(20-14)12-9-19-13-7-5-4-6-11(13)18-12/h4-7,12,16H,3,8-9H2,1-2H3. The molecule has 5 heteroatoms. The fraction of sp³-hybridized carbons (Fsp3) is 0.400. The van der Waals surface area contributed by atoms with Crippen molar-refractivity contribution in [3.8, 4) is 5.75 Å². The molecule has 1 N–H and O–H groups in total. The number of hydrogen-bond acceptors (Lipinski definition) is 5. The highest BCUT2D eigenvalue weighted by atomic mass is 32.2. The number of ether oxygens (including phenoxy) is 1. The van der Waals surface area contributed by atoms with Crippen LogP contribution in [0.1, 0.15) is 28.6 Å². The Morgan fingerprint density at radius 1 is 1.40 bits per heavy atom. The number of aromatic nitrogens is 1. The van der Waals surface area contributed by atoms with Gasteiger partial charge in [0, 0.05) is 22.1 Å². The Balaban J connectivity index is 1.78. The molecule has 0 radical (unpaired) electrons. The molecule has 20 heavy (non-hydrogen) atoms. The number of hydrogen-bond donors (Lipinski definition) is 1. The highest BCUT2D eigenvalue weighted by Crippen LogP contribution is 2.41. The van der Waals surface area contributed by atoms with E-state index in [1.165, 1.54) is 9.77 Å². The first-order valence-electron chi connectivity index (χ1n) is 6.83. The average molecular weight is 306 g/mol. The smallest absolute Gasteiger partial charge is 0.159 e. The van der Waals surface area contributed by atoms with E-state index in [9.17, 15) is 0 Å². The van der Waals surface area contributed by atoms with Crippen LogP contribution in [0.5, 0.6) is 5.75 Å². The topological polar surface area (TPSA) is 34.1 Å². The van der Waals surface area contributed by atoms with Crippen molar-refractivity contribution >= 4 is 23.1 Å². The van der Waals surface area contributed by atoms with Gasteiger partial charge in [0.15, 0.2) is 6.10 Å². The third kappa shape index (κ3) is 2.85. The van der Waals surface area contributed by atoms with Gasteiger partial charge < -0.3 is 10.1 Å². The lowest BCUT2D eigenvalue weighted by atomic mass is 10.3. The number of benzene rings is 1. The van der Waals surface area contributed by atoms with Gasteiger partial charge in [-0.05, 0) is 25.6 Å². The summed E-state index contributed by atoms with van der Waals surface area (Å²) < 4.78 is 6.10. The lowest BCUT2D eigenvalue weighted by Crippen LogP contribution is -2.14. The maximum Gasteiger partial charge on any atom is 0.159 e. The summed E-state index contributed by atoms with van der Waals surface area (Å²) in [5, 5.41) is 4.46. The molecule has 1 aromatic carbocycles. The van der Waals surface area contributed by atoms with Gasteiger partial charge in [0.25, 0.3) is 0 Å². The SMILES string of the molecule is CCNCc1sc(C2CSc3ccccc3O2)nc1C. The van der Waals surface area contributed by atoms with Crippen LogP contribution in [0.4, 0.5) is 0 Å². The van der Waals surface area contributed by atoms with E-state index in [2.05, 4.69) is 31.3 Å². The summed E-state index contributed by atoms with van der Waals surface area (Å²) in [5.41, 5.74) is 1.12. The van der Waals surface area contributed by atoms with Crippen molar-refractivity contribution in [2.45, 2.75) is 31.4 Å². The summed E-state index contributed by atoms with van der Waals surface area (Å²) in [6.07, 6.45) is 0.0778. The van der Waals surface area contributed by atoms with Crippen LogP contribution in [0.15, 0.2) is 29.2 Å². The third-order valence-electron chi connectivity index (χ3n) is 3.23. The maximum atomic E-state index is 6.10. The number of thioether (sulfide) groups is 1. The van der Waals surface area contributed by atoms with Crippen molar-refractivity contribution in [1.82, 2.24) is 10.3 Å². The zero-order valence-corrected chi connectivity index (χ0v) is 13.3. The summed E-state index contributed by atoms with van der Waals surface area (Å²) in [7, 11) is 0. The molecule has 0 saturated heterocycles. The molecule has 3 nitrogen and oxygen atoms in total. The van der Waals surface area contributed by atoms with Gasteiger partial charge in [0.05, 0.1) is 5.69 Å². The summed E-state index contributed by atoms with van der Waals surface area (Å²) in [6.45, 7) is 6.08. The van der Waals surface area contributed by atoms with Gasteiger partial charge in [-0.15, -0.1) is 23.1 Å². The molecule has 0 spiro atoms. The van der Waals surface area contributed by atoms with Crippen LogP contribution in [0, 0.1) is 6.92 Å². The fourth-order valence-corrected chi connectivity index (χ4v) is 4.29. The second kappa shape index (κ2) is 6.16. The van der Waals surface area contributed by atoms with Crippen molar-refractivity contribution in [1.29, 1.82) is 0 Å². The van der Waals surface area contributed by atoms with Crippen LogP contribution in [0.3, 0.4) is 0 Å². The molecule has 0 saturated carbocycles. The minimum Gasteiger partial charge on any atom is -0.481 e. The van der Waals surface area contributed by atoms with Gasteiger partial charge in [0.2, 0.25) is 0 Å². The van der Waals surface area contributed by atoms with Crippen molar-refractivity contribution in [2.75, 3.05) is 12.3 Å². The molecule has 0 amide bonds. The highest BCUT2D eigenvalue weighted by Gasteiger charge is 2.25. The van der Waals surface area contributed by atoms with Gasteiger partial charge in [-0.2, -0.15) is 0 Å². The van der Waals surface area contributed by atoms with E-state index < -0.39 is 0 Å². The molecule has 2 heterocycles. The first-order valence-corrected chi connectivity index (χ1v) is 8.63. The fourth-order valence-electron chi connectivity index (χ4n) is 2.13. The molecule has 106 valence electrons. The number of nitrogens with one attached hydrogen (secondary N) is 1. The lowest BCUT2D eigenvalue weighted by molar-refractivity contribution is 0.220. The number of fused-ring (bicyclic) bond motifs is 1. The Morgan fingerprint density at radius 3 is 3.10 bits per heavy atom. The maximum absolute atomic E-state index is 6.10. The van der Waals surface area contributed by atoms with Crippen LogP contribution in [-0.2, 0) is 6.54 Å². The summed E-state index contributed by atoms with van der Waals surface area (Å²) in [6, 6.07) is 8.22. The van der Waals surface area contributed by atoms with Crippen molar-refractivity contribution in [2.24, 2.45) is 0 Å². The molecule has 1 aromatic heterocycles. The van der Waals surface area contributed by atoms with Crippen LogP contribution >= 0.6 is 23.1 Å². The van der Waals surface area contributed by atoms with Crippen molar-refractivity contribution in [3.05, 3.63) is 39.8 Å². The Kier molecular flexibility index (Phi) is 4.29. The number of para-hydroxylation sites is 1. The van der Waals surface area contributed by atoms with E-state index in [4.69, 9.17) is 9.72 Å². The van der Waals surface area contributed by atoms with E-state index in [0.29, 0.717) is 0 Å². The molecular formula is C15H18N2OS2. The van der Waals surface area contributed by atoms with Crippen LogP contribution in [0.25, 0.3) is 0 Å². The second-order valence-electron chi connectivity index (χ2n) is 4.71. The number of nitrogens with zero attached hydrogens (tertiary/aromatic N) is 1. The first kappa shape index (κ1) is 13.9. The van der Waals surface area contributed by atoms with E-state index in [1.807, 2.05) is 23.9 Å². The quantitative estimate of drug-likeness (QED) is 0.932. The summed E-state index contributed by atoms with van der Waals surface area (Å²) in [4.78, 5) is 7.24. The van der Waals surface area contributed by atoms with Crippen LogP contribution in [0.2, 0.25) is 0 Å². The molecule has 2 aromatic rings. The number of aryl methyl sites for hydroxylation is 1. The van der Waals surface area contributed by atoms with Crippen LogP contribution < -0.4 is 10.1 Å². The lowest BCUT2D eigenvalue weighted by Gasteiger charge is -2.23. The number of thiazole rings is 1. The average Bonchev–Trinajstić information content (AvgIpc) is 2.86. The van der Waals surface area contributed by atoms with Crippen LogP contribution in [-0.4, -0.2) is 17.3 Å². The third-order valence-corrected chi connectivity index (χ3v) is 5.60. The molecule has 0 bridgehead atoms. The molecule has 1 aliphatic heterocycles. The van der Waals surface area contributed by atoms with E-state index in [1.54, 1.807) is 11.3 Å². The van der Waals surface area contributed by atoms with Gasteiger partial charge in [0.1, 0.15) is 10.8 Å². The van der Waals surface area contributed by atoms with Crippen molar-refractivity contribution in [3.63, 3.8) is 0 Å². The zero-order valence-electron chi connectivity index (χ0n) is 11.7.